The standard InChI is InChI=1S/C4H11BNO/c1-6(5)3-4-7-2/h6H,3-4H2,1-2H3. The van der Waals surface area contributed by atoms with E-state index in [2.05, 4.69) is 0 Å². The van der Waals surface area contributed by atoms with Crippen molar-refractivity contribution in [2.75, 3.05) is 27.3 Å². The second kappa shape index (κ2) is 4.15. The average Bonchev–Trinajstić information content (AvgIpc) is 1.61. The fraction of sp³-hybridized carbons (Fsp3) is 1.00. The van der Waals surface area contributed by atoms with Crippen LogP contribution in [-0.2, 0) is 4.74 Å². The maximum absolute atomic E-state index is 5.32. The first-order valence-electron chi connectivity index (χ1n) is 2.34. The molecule has 7 heavy (non-hydrogen) atoms. The Bertz CT molecular complexity index is 40.7. The van der Waals surface area contributed by atoms with Crippen molar-refractivity contribution < 1.29 is 9.55 Å². The topological polar surface area (TPSA) is 13.7 Å². The molecule has 0 aromatic rings. The predicted octanol–water partition coefficient (Wildman–Crippen LogP) is -1.77. The minimum absolute atomic E-state index is 0.738. The van der Waals surface area contributed by atoms with E-state index < -0.39 is 0 Å². The van der Waals surface area contributed by atoms with Gasteiger partial charge in [0, 0.05) is 14.2 Å². The number of nitrogens with one attached hydrogen (secondary N) is 1. The summed E-state index contributed by atoms with van der Waals surface area (Å²) in [5, 5.41) is 0. The molecule has 0 rings (SSSR count). The van der Waals surface area contributed by atoms with Gasteiger partial charge in [0.2, 0.25) is 0 Å². The van der Waals surface area contributed by atoms with E-state index in [1.165, 1.54) is 0 Å². The van der Waals surface area contributed by atoms with Crippen LogP contribution in [0.1, 0.15) is 0 Å². The third-order valence-corrected chi connectivity index (χ3v) is 0.701. The zero-order chi connectivity index (χ0) is 5.70. The van der Waals surface area contributed by atoms with Gasteiger partial charge in [-0.05, 0) is 0 Å². The maximum Gasteiger partial charge on any atom is 0.0910 e. The number of ether oxygens (including phenoxy) is 1. The van der Waals surface area contributed by atoms with E-state index in [-0.39, 0.29) is 0 Å². The van der Waals surface area contributed by atoms with Crippen molar-refractivity contribution in [3.63, 3.8) is 0 Å². The van der Waals surface area contributed by atoms with Gasteiger partial charge in [-0.3, -0.25) is 0 Å². The summed E-state index contributed by atoms with van der Waals surface area (Å²) >= 11 is 0. The molecule has 0 bridgehead atoms. The van der Waals surface area contributed by atoms with Gasteiger partial charge in [0.25, 0.3) is 0 Å². The molecular formula is C4H11BNO. The summed E-state index contributed by atoms with van der Waals surface area (Å²) < 4.78 is 4.75. The molecule has 0 spiro atoms. The van der Waals surface area contributed by atoms with Gasteiger partial charge in [-0.25, -0.2) is 7.98 Å². The van der Waals surface area contributed by atoms with Gasteiger partial charge in [0.05, 0.1) is 13.2 Å². The van der Waals surface area contributed by atoms with Gasteiger partial charge in [0.1, 0.15) is 0 Å². The van der Waals surface area contributed by atoms with Crippen molar-refractivity contribution in [3.05, 3.63) is 0 Å². The van der Waals surface area contributed by atoms with Crippen molar-refractivity contribution in [2.45, 2.75) is 0 Å². The lowest BCUT2D eigenvalue weighted by Crippen LogP contribution is -3.07. The van der Waals surface area contributed by atoms with Crippen molar-refractivity contribution in [1.29, 1.82) is 0 Å². The molecule has 1 unspecified atom stereocenters. The molecule has 0 saturated heterocycles. The zero-order valence-corrected chi connectivity index (χ0v) is 4.90. The number of quaternary nitrogens is 1. The van der Waals surface area contributed by atoms with Crippen LogP contribution in [0, 0.1) is 0 Å². The van der Waals surface area contributed by atoms with Crippen molar-refractivity contribution >= 4 is 7.98 Å². The van der Waals surface area contributed by atoms with E-state index >= 15 is 0 Å². The van der Waals surface area contributed by atoms with Gasteiger partial charge in [0.15, 0.2) is 0 Å². The van der Waals surface area contributed by atoms with Crippen molar-refractivity contribution in [1.82, 2.24) is 0 Å². The fourth-order valence-corrected chi connectivity index (χ4v) is 0.263. The van der Waals surface area contributed by atoms with E-state index in [1.807, 2.05) is 7.05 Å². The van der Waals surface area contributed by atoms with Crippen LogP contribution in [0.4, 0.5) is 0 Å². The van der Waals surface area contributed by atoms with Crippen LogP contribution >= 0.6 is 0 Å². The molecule has 2 nitrogen and oxygen atoms in total. The minimum Gasteiger partial charge on any atom is -0.598 e. The highest BCUT2D eigenvalue weighted by atomic mass is 16.5. The van der Waals surface area contributed by atoms with Crippen LogP contribution in [0.5, 0.6) is 0 Å². The molecule has 0 aliphatic heterocycles. The molecule has 3 radical (unpaired) electrons. The molecule has 3 heteroatoms. The van der Waals surface area contributed by atoms with E-state index in [4.69, 9.17) is 12.7 Å². The van der Waals surface area contributed by atoms with Crippen LogP contribution in [-0.4, -0.2) is 35.3 Å². The second-order valence-corrected chi connectivity index (χ2v) is 1.59. The molecule has 0 aliphatic carbocycles. The predicted molar refractivity (Wildman–Crippen MR) is 29.4 cm³/mol. The third kappa shape index (κ3) is 5.98. The van der Waals surface area contributed by atoms with Crippen LogP contribution < -0.4 is 4.81 Å². The number of hydrogen-bond donors (Lipinski definition) is 1. The smallest absolute Gasteiger partial charge is 0.0910 e. The first-order chi connectivity index (χ1) is 3.27. The minimum atomic E-state index is 0.738. The lowest BCUT2D eigenvalue weighted by atomic mass is 10.3. The molecule has 1 atom stereocenters. The highest BCUT2D eigenvalue weighted by Gasteiger charge is 1.78. The molecule has 0 amide bonds. The molecular weight excluding hydrogens is 88.9 g/mol. The molecule has 0 saturated carbocycles. The summed E-state index contributed by atoms with van der Waals surface area (Å²) in [6.07, 6.45) is 0. The Morgan fingerprint density at radius 3 is 2.43 bits per heavy atom. The monoisotopic (exact) mass is 100 g/mol. The van der Waals surface area contributed by atoms with E-state index in [0.29, 0.717) is 0 Å². The fourth-order valence-electron chi connectivity index (χ4n) is 0.263. The van der Waals surface area contributed by atoms with E-state index in [0.717, 1.165) is 18.0 Å². The van der Waals surface area contributed by atoms with Crippen LogP contribution in [0.2, 0.25) is 0 Å². The molecule has 0 aliphatic rings. The summed E-state index contributed by atoms with van der Waals surface area (Å²) in [6, 6.07) is 0. The Labute approximate surface area is 45.9 Å². The summed E-state index contributed by atoms with van der Waals surface area (Å²) in [4.78, 5) is 0.932. The van der Waals surface area contributed by atoms with E-state index in [1.54, 1.807) is 7.11 Å². The molecule has 41 valence electrons. The molecule has 0 aromatic carbocycles. The largest absolute Gasteiger partial charge is 0.598 e. The van der Waals surface area contributed by atoms with Crippen molar-refractivity contribution in [3.8, 4) is 0 Å². The Morgan fingerprint density at radius 2 is 2.29 bits per heavy atom. The number of methoxy groups -OCH3 is 1. The normalized spacial score (nSPS) is 14.1. The Kier molecular flexibility index (Phi) is 4.14. The molecule has 0 heterocycles. The summed E-state index contributed by atoms with van der Waals surface area (Å²) in [7, 11) is 8.87. The lowest BCUT2D eigenvalue weighted by Gasteiger charge is -2.19. The highest BCUT2D eigenvalue weighted by Crippen LogP contribution is 1.53. The summed E-state index contributed by atoms with van der Waals surface area (Å²) in [6.45, 7) is 1.61. The Balaban J connectivity index is 2.68. The zero-order valence-electron chi connectivity index (χ0n) is 4.90. The van der Waals surface area contributed by atoms with Crippen molar-refractivity contribution in [2.24, 2.45) is 0 Å². The van der Waals surface area contributed by atoms with E-state index in [9.17, 15) is 0 Å². The number of rotatable bonds is 3. The second-order valence-electron chi connectivity index (χ2n) is 1.59. The van der Waals surface area contributed by atoms with Crippen LogP contribution in [0.3, 0.4) is 0 Å². The van der Waals surface area contributed by atoms with Gasteiger partial charge in [-0.2, -0.15) is 0 Å². The Hall–Kier alpha value is -0.0151. The lowest BCUT2D eigenvalue weighted by molar-refractivity contribution is -0.755. The molecule has 0 fully saturated rings. The Morgan fingerprint density at radius 1 is 1.71 bits per heavy atom. The first kappa shape index (κ1) is 6.98. The first-order valence-corrected chi connectivity index (χ1v) is 2.34. The summed E-state index contributed by atoms with van der Waals surface area (Å²) in [5.74, 6) is 0. The average molecular weight is 99.9 g/mol. The highest BCUT2D eigenvalue weighted by molar-refractivity contribution is 5.94. The van der Waals surface area contributed by atoms with Crippen LogP contribution in [0.25, 0.3) is 0 Å². The maximum atomic E-state index is 5.32. The van der Waals surface area contributed by atoms with Gasteiger partial charge in [-0.15, -0.1) is 0 Å². The number of likely N-dealkylation sites (N-methyl/N-ethyl adjacent to an activating group) is 1. The SMILES string of the molecule is [B-][NH+](C)CCOC. The van der Waals surface area contributed by atoms with Gasteiger partial charge < -0.3 is 9.55 Å². The van der Waals surface area contributed by atoms with Crippen LogP contribution in [0.15, 0.2) is 0 Å². The molecule has 0 aromatic heterocycles. The third-order valence-electron chi connectivity index (χ3n) is 0.701. The molecule has 1 N–H and O–H groups in total. The summed E-state index contributed by atoms with van der Waals surface area (Å²) in [5.41, 5.74) is 0. The van der Waals surface area contributed by atoms with Gasteiger partial charge in [-0.1, -0.05) is 0 Å². The number of hydrogen-bond acceptors (Lipinski definition) is 1. The van der Waals surface area contributed by atoms with Gasteiger partial charge >= 0.3 is 0 Å². The quantitative estimate of drug-likeness (QED) is 0.414.